The van der Waals surface area contributed by atoms with Crippen LogP contribution in [0.2, 0.25) is 51.9 Å². The molecule has 0 aliphatic heterocycles. The van der Waals surface area contributed by atoms with E-state index >= 15 is 0 Å². The van der Waals surface area contributed by atoms with Gasteiger partial charge in [-0.2, -0.15) is 0 Å². The average Bonchev–Trinajstić information content (AvgIpc) is 2.53. The lowest BCUT2D eigenvalue weighted by atomic mass is 10.3. The van der Waals surface area contributed by atoms with Crippen molar-refractivity contribution in [2.45, 2.75) is 78.1 Å². The number of carbonyl (C=O) groups is 1. The molecule has 0 fully saturated rings. The van der Waals surface area contributed by atoms with E-state index in [2.05, 4.69) is 52.4 Å². The monoisotopic (exact) mass is 464 g/mol. The molecule has 29 heavy (non-hydrogen) atoms. The normalized spacial score (nSPS) is 12.8. The third-order valence-corrected chi connectivity index (χ3v) is 13.2. The number of ether oxygens (including phenoxy) is 3. The Labute approximate surface area is 181 Å². The van der Waals surface area contributed by atoms with E-state index in [9.17, 15) is 4.79 Å². The summed E-state index contributed by atoms with van der Waals surface area (Å²) in [4.78, 5) is 11.7. The van der Waals surface area contributed by atoms with Crippen molar-refractivity contribution < 1.29 is 27.2 Å². The van der Waals surface area contributed by atoms with Crippen LogP contribution in [-0.2, 0) is 27.2 Å². The van der Waals surface area contributed by atoms with Crippen LogP contribution in [0.4, 0.5) is 0 Å². The molecule has 6 nitrogen and oxygen atoms in total. The Balaban J connectivity index is 4.03. The van der Waals surface area contributed by atoms with Gasteiger partial charge in [-0.3, -0.25) is 0 Å². The molecule has 0 aromatic heterocycles. The molecule has 0 aliphatic rings. The van der Waals surface area contributed by atoms with Gasteiger partial charge >= 0.3 is 14.5 Å². The van der Waals surface area contributed by atoms with E-state index in [1.54, 1.807) is 0 Å². The summed E-state index contributed by atoms with van der Waals surface area (Å²) in [6, 6.07) is 0.933. The smallest absolute Gasteiger partial charge is 0.335 e. The first kappa shape index (κ1) is 28.7. The fourth-order valence-corrected chi connectivity index (χ4v) is 15.3. The lowest BCUT2D eigenvalue weighted by Crippen LogP contribution is -2.52. The lowest BCUT2D eigenvalue weighted by molar-refractivity contribution is -0.139. The van der Waals surface area contributed by atoms with Crippen LogP contribution in [-0.4, -0.2) is 64.2 Å². The first-order valence-electron chi connectivity index (χ1n) is 10.7. The standard InChI is InChI=1S/C20H44O6Si3/c1-10-11-14-24-20(21)19(2)18-23-16-15-22-13-12-17-29(9,25-27(3,4)5)26-28(6,7)8/h2,10-18H2,1,3-9H3. The van der Waals surface area contributed by atoms with Crippen LogP contribution in [0.5, 0.6) is 0 Å². The van der Waals surface area contributed by atoms with E-state index in [0.29, 0.717) is 32.0 Å². The molecule has 0 aromatic carbocycles. The molecule has 0 radical (unpaired) electrons. The Hall–Kier alpha value is -0.299. The van der Waals surface area contributed by atoms with Gasteiger partial charge in [0.05, 0.1) is 32.0 Å². The number of hydrogen-bond donors (Lipinski definition) is 0. The van der Waals surface area contributed by atoms with E-state index in [1.165, 1.54) is 0 Å². The van der Waals surface area contributed by atoms with Gasteiger partial charge in [-0.1, -0.05) is 19.9 Å². The molecular weight excluding hydrogens is 420 g/mol. The molecule has 0 saturated heterocycles. The summed E-state index contributed by atoms with van der Waals surface area (Å²) in [5.41, 5.74) is 0.342. The number of carbonyl (C=O) groups excluding carboxylic acids is 1. The van der Waals surface area contributed by atoms with E-state index in [-0.39, 0.29) is 12.6 Å². The second-order valence-corrected chi connectivity index (χ2v) is 22.3. The largest absolute Gasteiger partial charge is 0.462 e. The minimum Gasteiger partial charge on any atom is -0.462 e. The predicted molar refractivity (Wildman–Crippen MR) is 127 cm³/mol. The van der Waals surface area contributed by atoms with Crippen molar-refractivity contribution in [3.8, 4) is 0 Å². The fraction of sp³-hybridized carbons (Fsp3) is 0.850. The van der Waals surface area contributed by atoms with Crippen molar-refractivity contribution in [2.24, 2.45) is 0 Å². The van der Waals surface area contributed by atoms with Crippen LogP contribution < -0.4 is 0 Å². The molecule has 0 saturated carbocycles. The second kappa shape index (κ2) is 13.9. The van der Waals surface area contributed by atoms with E-state index in [1.807, 2.05) is 6.92 Å². The fourth-order valence-electron chi connectivity index (χ4n) is 2.80. The maximum atomic E-state index is 11.7. The molecular formula is C20H44O6Si3. The van der Waals surface area contributed by atoms with E-state index in [4.69, 9.17) is 22.4 Å². The molecule has 172 valence electrons. The Bertz CT molecular complexity index is 470. The molecule has 9 heteroatoms. The summed E-state index contributed by atoms with van der Waals surface area (Å²) in [6.45, 7) is 23.4. The van der Waals surface area contributed by atoms with Gasteiger partial charge in [0.25, 0.3) is 0 Å². The Kier molecular flexibility index (Phi) is 13.8. The molecule has 0 amide bonds. The molecule has 0 aromatic rings. The van der Waals surface area contributed by atoms with Gasteiger partial charge in [-0.05, 0) is 64.7 Å². The molecule has 0 bridgehead atoms. The molecule has 0 unspecified atom stereocenters. The topological polar surface area (TPSA) is 63.2 Å². The summed E-state index contributed by atoms with van der Waals surface area (Å²) in [7, 11) is -5.50. The highest BCUT2D eigenvalue weighted by Gasteiger charge is 2.39. The quantitative estimate of drug-likeness (QED) is 0.129. The van der Waals surface area contributed by atoms with Gasteiger partial charge in [0.1, 0.15) is 0 Å². The molecule has 0 heterocycles. The summed E-state index contributed by atoms with van der Waals surface area (Å²) in [6.07, 6.45) is 2.76. The number of unbranched alkanes of at least 4 members (excludes halogenated alkanes) is 1. The van der Waals surface area contributed by atoms with Gasteiger partial charge in [0.2, 0.25) is 0 Å². The SMILES string of the molecule is C=C(COCCOCCC[Si](C)(O[Si](C)(C)C)O[Si](C)(C)C)C(=O)OCCCC. The zero-order valence-corrected chi connectivity index (χ0v) is 23.0. The molecule has 0 rings (SSSR count). The first-order chi connectivity index (χ1) is 13.3. The van der Waals surface area contributed by atoms with Crippen LogP contribution in [0.3, 0.4) is 0 Å². The van der Waals surface area contributed by atoms with Crippen LogP contribution in [0.15, 0.2) is 12.2 Å². The summed E-state index contributed by atoms with van der Waals surface area (Å²) >= 11 is 0. The van der Waals surface area contributed by atoms with Crippen molar-refractivity contribution in [3.05, 3.63) is 12.2 Å². The highest BCUT2D eigenvalue weighted by atomic mass is 28.5. The molecule has 0 atom stereocenters. The van der Waals surface area contributed by atoms with Gasteiger partial charge in [-0.15, -0.1) is 0 Å². The van der Waals surface area contributed by atoms with Crippen LogP contribution >= 0.6 is 0 Å². The molecule has 0 spiro atoms. The minimum atomic E-state index is -2.19. The van der Waals surface area contributed by atoms with Gasteiger partial charge in [0.15, 0.2) is 16.6 Å². The Morgan fingerprint density at radius 3 is 1.86 bits per heavy atom. The number of esters is 1. The van der Waals surface area contributed by atoms with Crippen molar-refractivity contribution in [2.75, 3.05) is 33.0 Å². The van der Waals surface area contributed by atoms with E-state index in [0.717, 1.165) is 25.3 Å². The van der Waals surface area contributed by atoms with Gasteiger partial charge in [0, 0.05) is 6.61 Å². The average molecular weight is 465 g/mol. The van der Waals surface area contributed by atoms with Crippen molar-refractivity contribution >= 4 is 31.2 Å². The van der Waals surface area contributed by atoms with E-state index < -0.39 is 25.2 Å². The van der Waals surface area contributed by atoms with Crippen LogP contribution in [0.1, 0.15) is 26.2 Å². The van der Waals surface area contributed by atoms with Crippen LogP contribution in [0, 0.1) is 0 Å². The van der Waals surface area contributed by atoms with Gasteiger partial charge in [-0.25, -0.2) is 4.79 Å². The number of rotatable bonds is 17. The highest BCUT2D eigenvalue weighted by molar-refractivity contribution is 6.87. The van der Waals surface area contributed by atoms with Crippen molar-refractivity contribution in [1.29, 1.82) is 0 Å². The maximum Gasteiger partial charge on any atom is 0.335 e. The van der Waals surface area contributed by atoms with Crippen molar-refractivity contribution in [1.82, 2.24) is 0 Å². The lowest BCUT2D eigenvalue weighted by Gasteiger charge is -2.38. The summed E-state index contributed by atoms with van der Waals surface area (Å²) in [5, 5.41) is 0. The number of hydrogen-bond acceptors (Lipinski definition) is 6. The third-order valence-electron chi connectivity index (χ3n) is 3.63. The summed E-state index contributed by atoms with van der Waals surface area (Å²) < 4.78 is 29.2. The minimum absolute atomic E-state index is 0.174. The third kappa shape index (κ3) is 17.1. The Morgan fingerprint density at radius 2 is 1.34 bits per heavy atom. The second-order valence-electron chi connectivity index (χ2n) is 9.42. The van der Waals surface area contributed by atoms with Crippen molar-refractivity contribution in [3.63, 3.8) is 0 Å². The van der Waals surface area contributed by atoms with Gasteiger partial charge < -0.3 is 22.4 Å². The van der Waals surface area contributed by atoms with Crippen LogP contribution in [0.25, 0.3) is 0 Å². The molecule has 0 aliphatic carbocycles. The molecule has 0 N–H and O–H groups in total. The predicted octanol–water partition coefficient (Wildman–Crippen LogP) is 5.08. The zero-order chi connectivity index (χ0) is 22.6. The maximum absolute atomic E-state index is 11.7. The zero-order valence-electron chi connectivity index (χ0n) is 20.0. The summed E-state index contributed by atoms with van der Waals surface area (Å²) in [5.74, 6) is -0.381. The first-order valence-corrected chi connectivity index (χ1v) is 20.0. The Morgan fingerprint density at radius 1 is 0.793 bits per heavy atom. The highest BCUT2D eigenvalue weighted by Crippen LogP contribution is 2.25.